The van der Waals surface area contributed by atoms with Gasteiger partial charge in [0.2, 0.25) is 0 Å². The molecular weight excluding hydrogens is 300 g/mol. The van der Waals surface area contributed by atoms with Gasteiger partial charge >= 0.3 is 0 Å². The fourth-order valence-electron chi connectivity index (χ4n) is 1.80. The lowest BCUT2D eigenvalue weighted by Crippen LogP contribution is -2.17. The predicted octanol–water partition coefficient (Wildman–Crippen LogP) is 1.90. The molecule has 0 spiro atoms. The number of thiophene rings is 1. The van der Waals surface area contributed by atoms with Gasteiger partial charge < -0.3 is 15.2 Å². The van der Waals surface area contributed by atoms with Gasteiger partial charge in [-0.25, -0.2) is 8.42 Å². The summed E-state index contributed by atoms with van der Waals surface area (Å²) in [7, 11) is -3.63. The smallest absolute Gasteiger partial charge is 0.271 e. The molecule has 2 aromatic rings. The van der Waals surface area contributed by atoms with Gasteiger partial charge in [0, 0.05) is 12.1 Å². The van der Waals surface area contributed by atoms with Gasteiger partial charge in [0.1, 0.15) is 17.4 Å². The first-order valence-electron chi connectivity index (χ1n) is 5.82. The lowest BCUT2D eigenvalue weighted by atomic mass is 10.2. The van der Waals surface area contributed by atoms with E-state index in [4.69, 9.17) is 15.2 Å². The number of anilines is 2. The largest absolute Gasteiger partial charge is 0.486 e. The predicted molar refractivity (Wildman–Crippen MR) is 77.0 cm³/mol. The standard InChI is InChI=1S/C12H12N2O4S2/c13-8-6-10-11(18-4-3-17-10)7-9(8)14-20(15,16)12-2-1-5-19-12/h1-2,5-7,14H,3-4,13H2. The number of nitrogens with two attached hydrogens (primary N) is 1. The van der Waals surface area contributed by atoms with Crippen molar-refractivity contribution in [3.05, 3.63) is 29.6 Å². The Morgan fingerprint density at radius 3 is 2.55 bits per heavy atom. The van der Waals surface area contributed by atoms with Crippen LogP contribution in [0, 0.1) is 0 Å². The number of sulfonamides is 1. The van der Waals surface area contributed by atoms with E-state index in [1.165, 1.54) is 12.1 Å². The first-order valence-corrected chi connectivity index (χ1v) is 8.18. The Hall–Kier alpha value is -1.93. The van der Waals surface area contributed by atoms with Crippen LogP contribution in [0.4, 0.5) is 11.4 Å². The number of nitrogen functional groups attached to an aromatic ring is 1. The molecule has 3 rings (SSSR count). The molecule has 0 bridgehead atoms. The molecule has 0 unspecified atom stereocenters. The summed E-state index contributed by atoms with van der Waals surface area (Å²) in [6, 6.07) is 6.29. The molecule has 6 nitrogen and oxygen atoms in total. The van der Waals surface area contributed by atoms with E-state index in [0.29, 0.717) is 24.7 Å². The van der Waals surface area contributed by atoms with E-state index in [1.54, 1.807) is 17.5 Å². The minimum absolute atomic E-state index is 0.229. The Bertz CT molecular complexity index is 726. The van der Waals surface area contributed by atoms with Crippen LogP contribution >= 0.6 is 11.3 Å². The third-order valence-corrected chi connectivity index (χ3v) is 5.48. The Morgan fingerprint density at radius 2 is 1.90 bits per heavy atom. The number of ether oxygens (including phenoxy) is 2. The molecule has 2 heterocycles. The first-order chi connectivity index (χ1) is 9.56. The van der Waals surface area contributed by atoms with E-state index < -0.39 is 10.0 Å². The molecule has 0 saturated heterocycles. The van der Waals surface area contributed by atoms with Gasteiger partial charge in [0.25, 0.3) is 10.0 Å². The van der Waals surface area contributed by atoms with Crippen molar-refractivity contribution in [2.24, 2.45) is 0 Å². The fraction of sp³-hybridized carbons (Fsp3) is 0.167. The molecular formula is C12H12N2O4S2. The van der Waals surface area contributed by atoms with Gasteiger partial charge in [0.05, 0.1) is 11.4 Å². The third-order valence-electron chi connectivity index (χ3n) is 2.72. The maximum atomic E-state index is 12.2. The lowest BCUT2D eigenvalue weighted by molar-refractivity contribution is 0.172. The second-order valence-electron chi connectivity index (χ2n) is 4.12. The summed E-state index contributed by atoms with van der Waals surface area (Å²) in [5.74, 6) is 1.00. The van der Waals surface area contributed by atoms with Crippen LogP contribution in [-0.2, 0) is 10.0 Å². The van der Waals surface area contributed by atoms with Crippen molar-refractivity contribution in [2.75, 3.05) is 23.7 Å². The topological polar surface area (TPSA) is 90.7 Å². The molecule has 0 radical (unpaired) electrons. The summed E-state index contributed by atoms with van der Waals surface area (Å²) in [6.07, 6.45) is 0. The van der Waals surface area contributed by atoms with Crippen LogP contribution in [0.25, 0.3) is 0 Å². The van der Waals surface area contributed by atoms with E-state index in [1.807, 2.05) is 0 Å². The van der Waals surface area contributed by atoms with Gasteiger partial charge in [-0.3, -0.25) is 4.72 Å². The van der Waals surface area contributed by atoms with Crippen LogP contribution in [0.2, 0.25) is 0 Å². The van der Waals surface area contributed by atoms with Crippen LogP contribution < -0.4 is 19.9 Å². The summed E-state index contributed by atoms with van der Waals surface area (Å²) < 4.78 is 37.8. The third kappa shape index (κ3) is 2.39. The number of nitrogens with one attached hydrogen (secondary N) is 1. The molecule has 0 aliphatic carbocycles. The molecule has 0 fully saturated rings. The molecule has 1 aliphatic rings. The summed E-state index contributed by atoms with van der Waals surface area (Å²) in [5.41, 5.74) is 6.41. The molecule has 20 heavy (non-hydrogen) atoms. The average molecular weight is 312 g/mol. The molecule has 1 aromatic carbocycles. The minimum Gasteiger partial charge on any atom is -0.486 e. The van der Waals surface area contributed by atoms with Gasteiger partial charge in [-0.1, -0.05) is 6.07 Å². The molecule has 3 N–H and O–H groups in total. The van der Waals surface area contributed by atoms with Crippen LogP contribution in [-0.4, -0.2) is 21.6 Å². The lowest BCUT2D eigenvalue weighted by Gasteiger charge is -2.20. The molecule has 1 aliphatic heterocycles. The number of hydrogen-bond donors (Lipinski definition) is 2. The van der Waals surface area contributed by atoms with Crippen molar-refractivity contribution in [1.29, 1.82) is 0 Å². The second kappa shape index (κ2) is 4.88. The Labute approximate surface area is 120 Å². The quantitative estimate of drug-likeness (QED) is 0.845. The van der Waals surface area contributed by atoms with Gasteiger partial charge in [-0.2, -0.15) is 0 Å². The zero-order valence-electron chi connectivity index (χ0n) is 10.3. The Morgan fingerprint density at radius 1 is 1.20 bits per heavy atom. The van der Waals surface area contributed by atoms with Crippen molar-refractivity contribution in [2.45, 2.75) is 4.21 Å². The average Bonchev–Trinajstić information content (AvgIpc) is 2.94. The van der Waals surface area contributed by atoms with E-state index in [0.717, 1.165) is 11.3 Å². The van der Waals surface area contributed by atoms with Gasteiger partial charge in [0.15, 0.2) is 11.5 Å². The summed E-state index contributed by atoms with van der Waals surface area (Å²) in [5, 5.41) is 1.70. The van der Waals surface area contributed by atoms with Crippen molar-refractivity contribution in [3.8, 4) is 11.5 Å². The molecule has 8 heteroatoms. The number of rotatable bonds is 3. The highest BCUT2D eigenvalue weighted by Gasteiger charge is 2.20. The highest BCUT2D eigenvalue weighted by Crippen LogP contribution is 2.37. The van der Waals surface area contributed by atoms with Crippen LogP contribution in [0.5, 0.6) is 11.5 Å². The maximum absolute atomic E-state index is 12.2. The van der Waals surface area contributed by atoms with E-state index >= 15 is 0 Å². The fourth-order valence-corrected chi connectivity index (χ4v) is 3.88. The summed E-state index contributed by atoms with van der Waals surface area (Å²) in [4.78, 5) is 0. The highest BCUT2D eigenvalue weighted by atomic mass is 32.2. The molecule has 1 aromatic heterocycles. The Kier molecular flexibility index (Phi) is 3.19. The first kappa shape index (κ1) is 13.1. The number of fused-ring (bicyclic) bond motifs is 1. The summed E-state index contributed by atoms with van der Waals surface area (Å²) in [6.45, 7) is 0.876. The van der Waals surface area contributed by atoms with Crippen molar-refractivity contribution < 1.29 is 17.9 Å². The number of hydrogen-bond acceptors (Lipinski definition) is 6. The molecule has 0 amide bonds. The van der Waals surface area contributed by atoms with Crippen molar-refractivity contribution in [1.82, 2.24) is 0 Å². The van der Waals surface area contributed by atoms with E-state index in [-0.39, 0.29) is 15.6 Å². The van der Waals surface area contributed by atoms with Crippen molar-refractivity contribution >= 4 is 32.7 Å². The van der Waals surface area contributed by atoms with E-state index in [9.17, 15) is 8.42 Å². The van der Waals surface area contributed by atoms with E-state index in [2.05, 4.69) is 4.72 Å². The minimum atomic E-state index is -3.63. The second-order valence-corrected chi connectivity index (χ2v) is 6.98. The Balaban J connectivity index is 1.95. The van der Waals surface area contributed by atoms with Crippen LogP contribution in [0.1, 0.15) is 0 Å². The number of benzene rings is 1. The monoisotopic (exact) mass is 312 g/mol. The van der Waals surface area contributed by atoms with Gasteiger partial charge in [-0.15, -0.1) is 11.3 Å². The molecule has 0 saturated carbocycles. The van der Waals surface area contributed by atoms with Crippen LogP contribution in [0.15, 0.2) is 33.9 Å². The highest BCUT2D eigenvalue weighted by molar-refractivity contribution is 7.94. The maximum Gasteiger partial charge on any atom is 0.271 e. The summed E-state index contributed by atoms with van der Waals surface area (Å²) >= 11 is 1.14. The normalized spacial score (nSPS) is 14.0. The zero-order valence-corrected chi connectivity index (χ0v) is 12.0. The van der Waals surface area contributed by atoms with Crippen molar-refractivity contribution in [3.63, 3.8) is 0 Å². The molecule has 106 valence electrons. The van der Waals surface area contributed by atoms with Gasteiger partial charge in [-0.05, 0) is 11.4 Å². The van der Waals surface area contributed by atoms with Crippen LogP contribution in [0.3, 0.4) is 0 Å². The zero-order chi connectivity index (χ0) is 14.2. The molecule has 0 atom stereocenters. The SMILES string of the molecule is Nc1cc2c(cc1NS(=O)(=O)c1cccs1)OCCO2.